The Morgan fingerprint density at radius 1 is 1.45 bits per heavy atom. The lowest BCUT2D eigenvalue weighted by molar-refractivity contribution is -0.0390. The lowest BCUT2D eigenvalue weighted by atomic mass is 10.1. The predicted octanol–water partition coefficient (Wildman–Crippen LogP) is 1.68. The number of rotatable bonds is 4. The van der Waals surface area contributed by atoms with Crippen LogP contribution in [-0.2, 0) is 4.74 Å². The fourth-order valence-electron chi connectivity index (χ4n) is 3.31. The molecule has 2 aliphatic heterocycles. The number of carbonyl (C=O) groups is 1. The molecule has 3 atom stereocenters. The monoisotopic (exact) mass is 304 g/mol. The first-order valence-electron chi connectivity index (χ1n) is 8.05. The Labute approximate surface area is 131 Å². The molecule has 0 saturated carbocycles. The van der Waals surface area contributed by atoms with Gasteiger partial charge in [0.05, 0.1) is 19.3 Å². The molecule has 5 nitrogen and oxygen atoms in total. The number of hydrogen-bond donors (Lipinski definition) is 1. The fourth-order valence-corrected chi connectivity index (χ4v) is 3.31. The number of hydrogen-bond acceptors (Lipinski definition) is 4. The molecule has 0 bridgehead atoms. The van der Waals surface area contributed by atoms with Gasteiger partial charge in [-0.1, -0.05) is 6.07 Å². The molecule has 0 spiro atoms. The van der Waals surface area contributed by atoms with E-state index in [1.54, 1.807) is 6.07 Å². The molecular formula is C17H24N2O3. The minimum atomic E-state index is -0.0274. The molecular weight excluding hydrogens is 280 g/mol. The van der Waals surface area contributed by atoms with Gasteiger partial charge < -0.3 is 14.8 Å². The summed E-state index contributed by atoms with van der Waals surface area (Å²) < 4.78 is 11.2. The van der Waals surface area contributed by atoms with Crippen LogP contribution in [0.3, 0.4) is 0 Å². The van der Waals surface area contributed by atoms with Crippen LogP contribution < -0.4 is 10.1 Å². The van der Waals surface area contributed by atoms with Gasteiger partial charge in [0, 0.05) is 30.7 Å². The number of nitrogens with one attached hydrogen (secondary N) is 1. The molecule has 0 radical (unpaired) electrons. The van der Waals surface area contributed by atoms with Gasteiger partial charge in [0.25, 0.3) is 5.91 Å². The van der Waals surface area contributed by atoms with Crippen LogP contribution in [-0.4, -0.2) is 55.3 Å². The zero-order chi connectivity index (χ0) is 15.5. The third-order valence-electron chi connectivity index (χ3n) is 4.34. The summed E-state index contributed by atoms with van der Waals surface area (Å²) >= 11 is 0. The number of amides is 1. The maximum Gasteiger partial charge on any atom is 0.251 e. The molecule has 120 valence electrons. The average Bonchev–Trinajstić information content (AvgIpc) is 2.89. The van der Waals surface area contributed by atoms with E-state index < -0.39 is 0 Å². The van der Waals surface area contributed by atoms with Gasteiger partial charge in [0.1, 0.15) is 5.75 Å². The van der Waals surface area contributed by atoms with Gasteiger partial charge in [-0.2, -0.15) is 0 Å². The summed E-state index contributed by atoms with van der Waals surface area (Å²) in [6.45, 7) is 7.27. The van der Waals surface area contributed by atoms with Crippen LogP contribution in [0.25, 0.3) is 0 Å². The van der Waals surface area contributed by atoms with E-state index in [9.17, 15) is 4.79 Å². The Kier molecular flexibility index (Phi) is 4.64. The molecule has 1 N–H and O–H groups in total. The summed E-state index contributed by atoms with van der Waals surface area (Å²) in [7, 11) is 0. The molecule has 2 saturated heterocycles. The topological polar surface area (TPSA) is 50.8 Å². The second-order valence-electron chi connectivity index (χ2n) is 6.12. The highest BCUT2D eigenvalue weighted by Gasteiger charge is 2.36. The standard InChI is InChI=1S/C17H24N2O3/c1-3-21-16-6-4-5-13(7-16)17(20)18-14-8-15-11-22-12(2)9-19(15)10-14/h4-7,12,14-15H,3,8-11H2,1-2H3,(H,18,20)/t12-,14+,15-/m0/s1. The van der Waals surface area contributed by atoms with Crippen molar-refractivity contribution in [2.45, 2.75) is 38.5 Å². The maximum absolute atomic E-state index is 12.4. The lowest BCUT2D eigenvalue weighted by Gasteiger charge is -2.33. The van der Waals surface area contributed by atoms with Gasteiger partial charge in [-0.25, -0.2) is 0 Å². The normalized spacial score (nSPS) is 28.2. The highest BCUT2D eigenvalue weighted by atomic mass is 16.5. The minimum absolute atomic E-state index is 0.0274. The summed E-state index contributed by atoms with van der Waals surface area (Å²) in [5.41, 5.74) is 0.653. The molecule has 1 amide bonds. The number of morpholine rings is 1. The molecule has 3 rings (SSSR count). The van der Waals surface area contributed by atoms with Gasteiger partial charge in [-0.3, -0.25) is 9.69 Å². The third kappa shape index (κ3) is 3.42. The van der Waals surface area contributed by atoms with Crippen LogP contribution in [0.4, 0.5) is 0 Å². The van der Waals surface area contributed by atoms with Gasteiger partial charge in [0.2, 0.25) is 0 Å². The molecule has 0 aromatic heterocycles. The summed E-state index contributed by atoms with van der Waals surface area (Å²) in [6, 6.07) is 7.98. The largest absolute Gasteiger partial charge is 0.494 e. The highest BCUT2D eigenvalue weighted by molar-refractivity contribution is 5.94. The number of carbonyl (C=O) groups excluding carboxylic acids is 1. The Morgan fingerprint density at radius 2 is 2.32 bits per heavy atom. The van der Waals surface area contributed by atoms with Gasteiger partial charge in [-0.15, -0.1) is 0 Å². The number of ether oxygens (including phenoxy) is 2. The number of nitrogens with zero attached hydrogens (tertiary/aromatic N) is 1. The van der Waals surface area contributed by atoms with E-state index in [0.717, 1.165) is 31.9 Å². The van der Waals surface area contributed by atoms with Crippen LogP contribution in [0, 0.1) is 0 Å². The van der Waals surface area contributed by atoms with Crippen molar-refractivity contribution < 1.29 is 14.3 Å². The van der Waals surface area contributed by atoms with Crippen LogP contribution in [0.5, 0.6) is 5.75 Å². The van der Waals surface area contributed by atoms with Gasteiger partial charge >= 0.3 is 0 Å². The number of fused-ring (bicyclic) bond motifs is 1. The van der Waals surface area contributed by atoms with Crippen LogP contribution in [0.1, 0.15) is 30.6 Å². The van der Waals surface area contributed by atoms with E-state index in [-0.39, 0.29) is 18.1 Å². The third-order valence-corrected chi connectivity index (χ3v) is 4.34. The predicted molar refractivity (Wildman–Crippen MR) is 84.3 cm³/mol. The first-order chi connectivity index (χ1) is 10.7. The summed E-state index contributed by atoms with van der Waals surface area (Å²) in [6.07, 6.45) is 1.25. The fraction of sp³-hybridized carbons (Fsp3) is 0.588. The van der Waals surface area contributed by atoms with Crippen molar-refractivity contribution in [3.8, 4) is 5.75 Å². The van der Waals surface area contributed by atoms with Crippen molar-refractivity contribution in [3.05, 3.63) is 29.8 Å². The Bertz CT molecular complexity index is 534. The molecule has 0 unspecified atom stereocenters. The van der Waals surface area contributed by atoms with Crippen molar-refractivity contribution in [2.75, 3.05) is 26.3 Å². The van der Waals surface area contributed by atoms with Crippen molar-refractivity contribution >= 4 is 5.91 Å². The van der Waals surface area contributed by atoms with Crippen molar-refractivity contribution in [1.29, 1.82) is 0 Å². The van der Waals surface area contributed by atoms with Crippen molar-refractivity contribution in [3.63, 3.8) is 0 Å². The quantitative estimate of drug-likeness (QED) is 0.919. The van der Waals surface area contributed by atoms with E-state index in [4.69, 9.17) is 9.47 Å². The molecule has 1 aromatic carbocycles. The van der Waals surface area contributed by atoms with Crippen LogP contribution >= 0.6 is 0 Å². The van der Waals surface area contributed by atoms with Gasteiger partial charge in [0.15, 0.2) is 0 Å². The van der Waals surface area contributed by atoms with E-state index in [2.05, 4.69) is 17.1 Å². The second-order valence-corrected chi connectivity index (χ2v) is 6.12. The SMILES string of the molecule is CCOc1cccc(C(=O)N[C@@H]2C[C@H]3CO[C@@H](C)CN3C2)c1. The molecule has 22 heavy (non-hydrogen) atoms. The molecule has 1 aromatic rings. The highest BCUT2D eigenvalue weighted by Crippen LogP contribution is 2.23. The van der Waals surface area contributed by atoms with Crippen molar-refractivity contribution in [2.24, 2.45) is 0 Å². The lowest BCUT2D eigenvalue weighted by Crippen LogP contribution is -2.45. The second kappa shape index (κ2) is 6.67. The zero-order valence-electron chi connectivity index (χ0n) is 13.2. The Hall–Kier alpha value is -1.59. The summed E-state index contributed by atoms with van der Waals surface area (Å²) in [5.74, 6) is 0.710. The van der Waals surface area contributed by atoms with E-state index in [1.807, 2.05) is 25.1 Å². The van der Waals surface area contributed by atoms with E-state index in [0.29, 0.717) is 18.2 Å². The molecule has 2 heterocycles. The summed E-state index contributed by atoms with van der Waals surface area (Å²) in [5, 5.41) is 3.14. The van der Waals surface area contributed by atoms with Gasteiger partial charge in [-0.05, 0) is 38.5 Å². The van der Waals surface area contributed by atoms with Crippen molar-refractivity contribution in [1.82, 2.24) is 10.2 Å². The first-order valence-corrected chi connectivity index (χ1v) is 8.05. The van der Waals surface area contributed by atoms with E-state index in [1.165, 1.54) is 0 Å². The zero-order valence-corrected chi connectivity index (χ0v) is 13.2. The molecule has 0 aliphatic carbocycles. The van der Waals surface area contributed by atoms with Crippen LogP contribution in [0.15, 0.2) is 24.3 Å². The van der Waals surface area contributed by atoms with Crippen LogP contribution in [0.2, 0.25) is 0 Å². The Balaban J connectivity index is 1.59. The first kappa shape index (κ1) is 15.3. The maximum atomic E-state index is 12.4. The average molecular weight is 304 g/mol. The van der Waals surface area contributed by atoms with E-state index >= 15 is 0 Å². The molecule has 2 aliphatic rings. The Morgan fingerprint density at radius 3 is 3.14 bits per heavy atom. The molecule has 5 heteroatoms. The number of benzene rings is 1. The smallest absolute Gasteiger partial charge is 0.251 e. The summed E-state index contributed by atoms with van der Waals surface area (Å²) in [4.78, 5) is 14.8. The molecule has 2 fully saturated rings. The minimum Gasteiger partial charge on any atom is -0.494 e.